The lowest BCUT2D eigenvalue weighted by Crippen LogP contribution is -2.50. The Balaban J connectivity index is 3.33. The fourth-order valence-electron chi connectivity index (χ4n) is 1.53. The lowest BCUT2D eigenvalue weighted by atomic mass is 10.0. The van der Waals surface area contributed by atoms with Gasteiger partial charge in [-0.2, -0.15) is 0 Å². The van der Waals surface area contributed by atoms with Crippen LogP contribution in [-0.2, 0) is 10.0 Å². The van der Waals surface area contributed by atoms with E-state index in [1.54, 1.807) is 26.8 Å². The van der Waals surface area contributed by atoms with E-state index in [4.69, 9.17) is 10.5 Å². The minimum atomic E-state index is -3.86. The van der Waals surface area contributed by atoms with E-state index in [0.717, 1.165) is 5.56 Å². The van der Waals surface area contributed by atoms with Crippen LogP contribution in [0.3, 0.4) is 0 Å². The molecule has 1 rings (SSSR count). The van der Waals surface area contributed by atoms with Crippen molar-refractivity contribution < 1.29 is 18.3 Å². The summed E-state index contributed by atoms with van der Waals surface area (Å²) >= 11 is 0. The first-order valence-electron chi connectivity index (χ1n) is 6.17. The number of nitrogens with two attached hydrogens (primary N) is 1. The van der Waals surface area contributed by atoms with Crippen molar-refractivity contribution in [3.8, 4) is 5.75 Å². The van der Waals surface area contributed by atoms with Gasteiger partial charge in [0.2, 0.25) is 10.0 Å². The van der Waals surface area contributed by atoms with E-state index in [1.165, 1.54) is 20.1 Å². The Morgan fingerprint density at radius 1 is 1.40 bits per heavy atom. The maximum atomic E-state index is 12.4. The van der Waals surface area contributed by atoms with Gasteiger partial charge in [0.1, 0.15) is 10.6 Å². The SMILES string of the molecule is COc1cc(C)c(N)cc1S(=O)(=O)NC(C)(C)C(C)O. The van der Waals surface area contributed by atoms with Crippen molar-refractivity contribution in [2.24, 2.45) is 0 Å². The van der Waals surface area contributed by atoms with Crippen molar-refractivity contribution in [2.75, 3.05) is 12.8 Å². The Bertz CT molecular complexity index is 595. The molecule has 0 fully saturated rings. The molecule has 0 radical (unpaired) electrons. The van der Waals surface area contributed by atoms with E-state index in [2.05, 4.69) is 4.72 Å². The normalized spacial score (nSPS) is 14.1. The summed E-state index contributed by atoms with van der Waals surface area (Å²) in [5, 5.41) is 9.63. The summed E-state index contributed by atoms with van der Waals surface area (Å²) in [6.07, 6.45) is -0.855. The summed E-state index contributed by atoms with van der Waals surface area (Å²) in [4.78, 5) is -0.0446. The van der Waals surface area contributed by atoms with Gasteiger partial charge < -0.3 is 15.6 Å². The standard InChI is InChI=1S/C13H22N2O4S/c1-8-6-11(19-5)12(7-10(8)14)20(17,18)15-13(3,4)9(2)16/h6-7,9,15-16H,14H2,1-5H3. The van der Waals surface area contributed by atoms with Crippen LogP contribution in [0, 0.1) is 6.92 Å². The van der Waals surface area contributed by atoms with Crippen LogP contribution >= 0.6 is 0 Å². The summed E-state index contributed by atoms with van der Waals surface area (Å²) in [5.74, 6) is 0.214. The van der Waals surface area contributed by atoms with Crippen molar-refractivity contribution in [3.63, 3.8) is 0 Å². The molecule has 0 bridgehead atoms. The van der Waals surface area contributed by atoms with Crippen molar-refractivity contribution in [1.29, 1.82) is 0 Å². The van der Waals surface area contributed by atoms with Gasteiger partial charge in [-0.15, -0.1) is 0 Å². The zero-order chi connectivity index (χ0) is 15.7. The van der Waals surface area contributed by atoms with Crippen LogP contribution in [0.1, 0.15) is 26.3 Å². The average molecular weight is 302 g/mol. The van der Waals surface area contributed by atoms with Crippen LogP contribution in [0.15, 0.2) is 17.0 Å². The van der Waals surface area contributed by atoms with Crippen LogP contribution in [0.4, 0.5) is 5.69 Å². The molecule has 0 heterocycles. The fraction of sp³-hybridized carbons (Fsp3) is 0.538. The number of benzene rings is 1. The molecule has 4 N–H and O–H groups in total. The quantitative estimate of drug-likeness (QED) is 0.705. The zero-order valence-corrected chi connectivity index (χ0v) is 13.2. The molecule has 0 saturated carbocycles. The van der Waals surface area contributed by atoms with Crippen LogP contribution in [0.5, 0.6) is 5.75 Å². The molecule has 0 aromatic heterocycles. The molecule has 0 aliphatic heterocycles. The number of rotatable bonds is 5. The number of aliphatic hydroxyl groups excluding tert-OH is 1. The molecule has 0 aliphatic rings. The number of aryl methyl sites for hydroxylation is 1. The van der Waals surface area contributed by atoms with Gasteiger partial charge in [0.05, 0.1) is 18.8 Å². The highest BCUT2D eigenvalue weighted by Crippen LogP contribution is 2.29. The van der Waals surface area contributed by atoms with Crippen LogP contribution < -0.4 is 15.2 Å². The number of aliphatic hydroxyl groups is 1. The topological polar surface area (TPSA) is 102 Å². The first-order chi connectivity index (χ1) is 9.01. The van der Waals surface area contributed by atoms with E-state index in [1.807, 2.05) is 0 Å². The molecule has 0 spiro atoms. The largest absolute Gasteiger partial charge is 0.495 e. The zero-order valence-electron chi connectivity index (χ0n) is 12.4. The highest BCUT2D eigenvalue weighted by atomic mass is 32.2. The molecule has 1 aromatic rings. The molecular formula is C13H22N2O4S. The van der Waals surface area contributed by atoms with E-state index in [9.17, 15) is 13.5 Å². The van der Waals surface area contributed by atoms with E-state index in [-0.39, 0.29) is 10.6 Å². The van der Waals surface area contributed by atoms with Gasteiger partial charge in [0.15, 0.2) is 0 Å². The van der Waals surface area contributed by atoms with E-state index >= 15 is 0 Å². The number of methoxy groups -OCH3 is 1. The van der Waals surface area contributed by atoms with Gasteiger partial charge in [-0.25, -0.2) is 13.1 Å². The molecule has 1 atom stereocenters. The van der Waals surface area contributed by atoms with Gasteiger partial charge in [-0.3, -0.25) is 0 Å². The smallest absolute Gasteiger partial charge is 0.244 e. The maximum Gasteiger partial charge on any atom is 0.244 e. The molecule has 114 valence electrons. The van der Waals surface area contributed by atoms with Crippen LogP contribution in [0.25, 0.3) is 0 Å². The Hall–Kier alpha value is -1.31. The highest BCUT2D eigenvalue weighted by molar-refractivity contribution is 7.89. The molecule has 20 heavy (non-hydrogen) atoms. The Kier molecular flexibility index (Phi) is 4.68. The molecule has 7 heteroatoms. The van der Waals surface area contributed by atoms with E-state index < -0.39 is 21.7 Å². The van der Waals surface area contributed by atoms with Crippen LogP contribution in [0.2, 0.25) is 0 Å². The third-order valence-electron chi connectivity index (χ3n) is 3.28. The van der Waals surface area contributed by atoms with Crippen molar-refractivity contribution >= 4 is 15.7 Å². The minimum absolute atomic E-state index is 0.0446. The number of anilines is 1. The highest BCUT2D eigenvalue weighted by Gasteiger charge is 2.32. The third-order valence-corrected chi connectivity index (χ3v) is 4.98. The average Bonchev–Trinajstić information content (AvgIpc) is 2.30. The number of ether oxygens (including phenoxy) is 1. The lowest BCUT2D eigenvalue weighted by molar-refractivity contribution is 0.111. The maximum absolute atomic E-state index is 12.4. The lowest BCUT2D eigenvalue weighted by Gasteiger charge is -2.29. The first kappa shape index (κ1) is 16.7. The molecule has 6 nitrogen and oxygen atoms in total. The van der Waals surface area contributed by atoms with Gasteiger partial charge in [0, 0.05) is 5.69 Å². The van der Waals surface area contributed by atoms with Gasteiger partial charge in [-0.1, -0.05) is 0 Å². The Morgan fingerprint density at radius 3 is 2.40 bits per heavy atom. The molecule has 0 aliphatic carbocycles. The predicted octanol–water partition coefficient (Wildman–Crippen LogP) is 1.02. The number of hydrogen-bond acceptors (Lipinski definition) is 5. The van der Waals surface area contributed by atoms with Crippen LogP contribution in [-0.4, -0.2) is 32.3 Å². The number of sulfonamides is 1. The summed E-state index contributed by atoms with van der Waals surface area (Å²) in [6.45, 7) is 6.48. The predicted molar refractivity (Wildman–Crippen MR) is 78.2 cm³/mol. The summed E-state index contributed by atoms with van der Waals surface area (Å²) < 4.78 is 32.4. The van der Waals surface area contributed by atoms with Crippen molar-refractivity contribution in [2.45, 2.75) is 44.2 Å². The van der Waals surface area contributed by atoms with Gasteiger partial charge >= 0.3 is 0 Å². The second-order valence-corrected chi connectivity index (χ2v) is 7.01. The van der Waals surface area contributed by atoms with Gasteiger partial charge in [0.25, 0.3) is 0 Å². The monoisotopic (exact) mass is 302 g/mol. The molecular weight excluding hydrogens is 280 g/mol. The second kappa shape index (κ2) is 5.59. The molecule has 1 unspecified atom stereocenters. The summed E-state index contributed by atoms with van der Waals surface area (Å²) in [7, 11) is -2.47. The Labute approximate surface area is 120 Å². The van der Waals surface area contributed by atoms with Crippen molar-refractivity contribution in [1.82, 2.24) is 4.72 Å². The minimum Gasteiger partial charge on any atom is -0.495 e. The third kappa shape index (κ3) is 3.41. The first-order valence-corrected chi connectivity index (χ1v) is 7.65. The fourth-order valence-corrected chi connectivity index (χ4v) is 3.20. The Morgan fingerprint density at radius 2 is 1.95 bits per heavy atom. The molecule has 0 saturated heterocycles. The number of nitrogen functional groups attached to an aromatic ring is 1. The summed E-state index contributed by atoms with van der Waals surface area (Å²) in [6, 6.07) is 2.92. The number of nitrogens with one attached hydrogen (secondary N) is 1. The summed E-state index contributed by atoms with van der Waals surface area (Å²) in [5.41, 5.74) is 5.85. The van der Waals surface area contributed by atoms with E-state index in [0.29, 0.717) is 5.69 Å². The second-order valence-electron chi connectivity index (χ2n) is 5.36. The number of hydrogen-bond donors (Lipinski definition) is 3. The van der Waals surface area contributed by atoms with Crippen molar-refractivity contribution in [3.05, 3.63) is 17.7 Å². The van der Waals surface area contributed by atoms with Gasteiger partial charge in [-0.05, 0) is 45.4 Å². The molecule has 0 amide bonds. The molecule has 1 aromatic carbocycles.